The largest absolute Gasteiger partial charge is 0.298 e. The molecule has 2 rings (SSSR count). The van der Waals surface area contributed by atoms with E-state index >= 15 is 0 Å². The third-order valence-corrected chi connectivity index (χ3v) is 2.80. The molecule has 90 valence electrons. The topological polar surface area (TPSA) is 46.5 Å². The van der Waals surface area contributed by atoms with Crippen LogP contribution < -0.4 is 0 Å². The number of aromatic amines is 1. The zero-order valence-electron chi connectivity index (χ0n) is 10.3. The molecule has 0 unspecified atom stereocenters. The Morgan fingerprint density at radius 3 is 2.53 bits per heavy atom. The van der Waals surface area contributed by atoms with Gasteiger partial charge in [0, 0.05) is 24.4 Å². The fraction of sp³-hybridized carbons (Fsp3) is 0.417. The highest BCUT2D eigenvalue weighted by Crippen LogP contribution is 2.18. The normalized spacial score (nSPS) is 11.7. The van der Waals surface area contributed by atoms with Gasteiger partial charge in [-0.15, -0.1) is 0 Å². The van der Waals surface area contributed by atoms with Crippen molar-refractivity contribution >= 4 is 12.2 Å². The highest BCUT2D eigenvalue weighted by atomic mass is 32.1. The number of rotatable bonds is 2. The summed E-state index contributed by atoms with van der Waals surface area (Å²) in [5.41, 5.74) is 1.12. The van der Waals surface area contributed by atoms with Gasteiger partial charge in [-0.3, -0.25) is 14.6 Å². The number of pyridine rings is 1. The number of nitrogens with zero attached hydrogens (tertiary/aromatic N) is 3. The Morgan fingerprint density at radius 2 is 1.94 bits per heavy atom. The van der Waals surface area contributed by atoms with Crippen molar-refractivity contribution in [3.63, 3.8) is 0 Å². The van der Waals surface area contributed by atoms with Crippen molar-refractivity contribution in [2.45, 2.75) is 32.7 Å². The van der Waals surface area contributed by atoms with Crippen LogP contribution in [0.2, 0.25) is 0 Å². The van der Waals surface area contributed by atoms with Gasteiger partial charge in [0.2, 0.25) is 0 Å². The molecule has 0 saturated heterocycles. The van der Waals surface area contributed by atoms with Gasteiger partial charge in [0.1, 0.15) is 5.82 Å². The molecule has 17 heavy (non-hydrogen) atoms. The van der Waals surface area contributed by atoms with E-state index in [0.717, 1.165) is 12.2 Å². The smallest absolute Gasteiger partial charge is 0.195 e. The maximum absolute atomic E-state index is 5.27. The second kappa shape index (κ2) is 4.41. The molecule has 0 spiro atoms. The van der Waals surface area contributed by atoms with Gasteiger partial charge >= 0.3 is 0 Å². The zero-order chi connectivity index (χ0) is 12.5. The maximum atomic E-state index is 5.27. The van der Waals surface area contributed by atoms with E-state index in [1.54, 1.807) is 12.4 Å². The first-order chi connectivity index (χ1) is 7.98. The summed E-state index contributed by atoms with van der Waals surface area (Å²) in [7, 11) is 0. The summed E-state index contributed by atoms with van der Waals surface area (Å²) in [6.07, 6.45) is 4.34. The SMILES string of the molecule is CC(C)(C)n1c(Cc2ccncc2)n[nH]c1=S. The van der Waals surface area contributed by atoms with Gasteiger partial charge in [-0.25, -0.2) is 0 Å². The van der Waals surface area contributed by atoms with Gasteiger partial charge in [-0.2, -0.15) is 5.10 Å². The van der Waals surface area contributed by atoms with Gasteiger partial charge in [0.25, 0.3) is 0 Å². The van der Waals surface area contributed by atoms with Gasteiger partial charge in [-0.05, 0) is 50.7 Å². The predicted octanol–water partition coefficient (Wildman–Crippen LogP) is 2.68. The summed E-state index contributed by atoms with van der Waals surface area (Å²) in [6.45, 7) is 6.36. The molecule has 0 aliphatic rings. The number of H-pyrrole nitrogens is 1. The number of aromatic nitrogens is 4. The fourth-order valence-electron chi connectivity index (χ4n) is 1.82. The minimum Gasteiger partial charge on any atom is -0.298 e. The van der Waals surface area contributed by atoms with Crippen LogP contribution in [0.1, 0.15) is 32.2 Å². The minimum atomic E-state index is -0.0630. The Morgan fingerprint density at radius 1 is 1.29 bits per heavy atom. The van der Waals surface area contributed by atoms with Crippen LogP contribution in [0.25, 0.3) is 0 Å². The predicted molar refractivity (Wildman–Crippen MR) is 69.5 cm³/mol. The van der Waals surface area contributed by atoms with Crippen molar-refractivity contribution < 1.29 is 0 Å². The molecule has 2 aromatic rings. The molecular weight excluding hydrogens is 232 g/mol. The summed E-state index contributed by atoms with van der Waals surface area (Å²) in [4.78, 5) is 4.01. The van der Waals surface area contributed by atoms with Crippen LogP contribution in [0, 0.1) is 4.77 Å². The van der Waals surface area contributed by atoms with Gasteiger partial charge in [0.15, 0.2) is 4.77 Å². The molecule has 0 aromatic carbocycles. The lowest BCUT2D eigenvalue weighted by atomic mass is 10.1. The average molecular weight is 248 g/mol. The second-order valence-corrected chi connectivity index (χ2v) is 5.37. The van der Waals surface area contributed by atoms with Gasteiger partial charge in [-0.1, -0.05) is 0 Å². The first-order valence-electron chi connectivity index (χ1n) is 5.54. The van der Waals surface area contributed by atoms with Crippen molar-refractivity contribution in [1.82, 2.24) is 19.7 Å². The van der Waals surface area contributed by atoms with Crippen molar-refractivity contribution in [2.24, 2.45) is 0 Å². The Kier molecular flexibility index (Phi) is 3.11. The van der Waals surface area contributed by atoms with Crippen LogP contribution in [0.15, 0.2) is 24.5 Å². The van der Waals surface area contributed by atoms with Crippen LogP contribution in [0.4, 0.5) is 0 Å². The van der Waals surface area contributed by atoms with E-state index in [1.807, 2.05) is 12.1 Å². The summed E-state index contributed by atoms with van der Waals surface area (Å²) in [5, 5.41) is 7.17. The lowest BCUT2D eigenvalue weighted by molar-refractivity contribution is 0.380. The van der Waals surface area contributed by atoms with E-state index < -0.39 is 0 Å². The fourth-order valence-corrected chi connectivity index (χ4v) is 2.25. The summed E-state index contributed by atoms with van der Waals surface area (Å²) in [5.74, 6) is 0.953. The molecule has 0 fully saturated rings. The van der Waals surface area contributed by atoms with E-state index in [0.29, 0.717) is 4.77 Å². The van der Waals surface area contributed by atoms with Crippen molar-refractivity contribution in [2.75, 3.05) is 0 Å². The van der Waals surface area contributed by atoms with Gasteiger partial charge < -0.3 is 0 Å². The maximum Gasteiger partial charge on any atom is 0.195 e. The molecule has 1 N–H and O–H groups in total. The van der Waals surface area contributed by atoms with Crippen molar-refractivity contribution in [3.05, 3.63) is 40.7 Å². The lowest BCUT2D eigenvalue weighted by Crippen LogP contribution is -2.24. The summed E-state index contributed by atoms with van der Waals surface area (Å²) < 4.78 is 2.73. The molecule has 0 aliphatic carbocycles. The molecule has 0 saturated carbocycles. The van der Waals surface area contributed by atoms with E-state index in [1.165, 1.54) is 5.56 Å². The number of nitrogens with one attached hydrogen (secondary N) is 1. The second-order valence-electron chi connectivity index (χ2n) is 4.98. The lowest BCUT2D eigenvalue weighted by Gasteiger charge is -2.22. The minimum absolute atomic E-state index is 0.0630. The quantitative estimate of drug-likeness (QED) is 0.831. The number of hydrogen-bond donors (Lipinski definition) is 1. The van der Waals surface area contributed by atoms with Crippen LogP contribution in [-0.2, 0) is 12.0 Å². The molecule has 2 heterocycles. The van der Waals surface area contributed by atoms with Crippen LogP contribution in [0.3, 0.4) is 0 Å². The van der Waals surface area contributed by atoms with Crippen molar-refractivity contribution in [3.8, 4) is 0 Å². The van der Waals surface area contributed by atoms with Crippen LogP contribution >= 0.6 is 12.2 Å². The van der Waals surface area contributed by atoms with Crippen LogP contribution in [0.5, 0.6) is 0 Å². The van der Waals surface area contributed by atoms with Crippen molar-refractivity contribution in [1.29, 1.82) is 0 Å². The third-order valence-electron chi connectivity index (χ3n) is 2.52. The number of hydrogen-bond acceptors (Lipinski definition) is 3. The summed E-state index contributed by atoms with van der Waals surface area (Å²) >= 11 is 5.27. The van der Waals surface area contributed by atoms with E-state index in [4.69, 9.17) is 12.2 Å². The Bertz CT molecular complexity index is 548. The Hall–Kier alpha value is -1.49. The average Bonchev–Trinajstić information content (AvgIpc) is 2.60. The zero-order valence-corrected chi connectivity index (χ0v) is 11.1. The molecule has 4 nitrogen and oxygen atoms in total. The molecule has 0 radical (unpaired) electrons. The highest BCUT2D eigenvalue weighted by molar-refractivity contribution is 7.71. The molecule has 5 heteroatoms. The molecular formula is C12H16N4S. The molecule has 0 atom stereocenters. The molecule has 0 bridgehead atoms. The summed E-state index contributed by atoms with van der Waals surface area (Å²) in [6, 6.07) is 3.98. The first kappa shape index (κ1) is 12.0. The first-order valence-corrected chi connectivity index (χ1v) is 5.95. The third kappa shape index (κ3) is 2.61. The Labute approximate surface area is 106 Å². The monoisotopic (exact) mass is 248 g/mol. The highest BCUT2D eigenvalue weighted by Gasteiger charge is 2.19. The standard InChI is InChI=1S/C12H16N4S/c1-12(2,3)16-10(14-15-11(16)17)8-9-4-6-13-7-5-9/h4-7H,8H2,1-3H3,(H,15,17). The van der Waals surface area contributed by atoms with Crippen LogP contribution in [-0.4, -0.2) is 19.7 Å². The molecule has 2 aromatic heterocycles. The van der Waals surface area contributed by atoms with Gasteiger partial charge in [0.05, 0.1) is 0 Å². The molecule has 0 amide bonds. The molecule has 0 aliphatic heterocycles. The van der Waals surface area contributed by atoms with E-state index in [-0.39, 0.29) is 5.54 Å². The van der Waals surface area contributed by atoms with E-state index in [2.05, 4.69) is 40.5 Å². The Balaban J connectivity index is 2.38. The van der Waals surface area contributed by atoms with E-state index in [9.17, 15) is 0 Å².